The van der Waals surface area contributed by atoms with Crippen molar-refractivity contribution in [3.63, 3.8) is 0 Å². The summed E-state index contributed by atoms with van der Waals surface area (Å²) in [4.78, 5) is 25.3. The van der Waals surface area contributed by atoms with Crippen molar-refractivity contribution in [3.8, 4) is 23.0 Å². The Bertz CT molecular complexity index is 1440. The van der Waals surface area contributed by atoms with E-state index in [4.69, 9.17) is 33.2 Å². The van der Waals surface area contributed by atoms with E-state index in [9.17, 15) is 45.3 Å². The van der Waals surface area contributed by atoms with Gasteiger partial charge < -0.3 is 68.9 Å². The van der Waals surface area contributed by atoms with Gasteiger partial charge in [0.05, 0.1) is 14.2 Å². The zero-order valence-corrected chi connectivity index (χ0v) is 24.5. The lowest BCUT2D eigenvalue weighted by Gasteiger charge is -2.17. The predicted molar refractivity (Wildman–Crippen MR) is 153 cm³/mol. The minimum Gasteiger partial charge on any atom is -0.504 e. The van der Waals surface area contributed by atoms with Crippen LogP contribution < -0.4 is 14.2 Å². The molecule has 0 bridgehead atoms. The third-order valence-electron chi connectivity index (χ3n) is 6.97. The zero-order chi connectivity index (χ0) is 33.5. The number of aromatic hydroxyl groups is 1. The van der Waals surface area contributed by atoms with E-state index in [1.807, 2.05) is 0 Å². The molecular weight excluding hydrogens is 616 g/mol. The number of hydrogen-bond acceptors (Lipinski definition) is 16. The topological polar surface area (TPSA) is 240 Å². The molecule has 8 atom stereocenters. The minimum atomic E-state index is -1.66. The number of phenols is 1. The Balaban J connectivity index is 1.48. The molecule has 0 radical (unpaired) electrons. The van der Waals surface area contributed by atoms with Gasteiger partial charge in [-0.1, -0.05) is 12.1 Å². The molecule has 7 N–H and O–H groups in total. The second kappa shape index (κ2) is 15.4. The summed E-state index contributed by atoms with van der Waals surface area (Å²) in [6, 6.07) is 8.67. The van der Waals surface area contributed by atoms with Crippen LogP contribution in [-0.2, 0) is 28.5 Å². The number of methoxy groups -OCH3 is 2. The fraction of sp³-hybridized carbons (Fsp3) is 0.400. The highest BCUT2D eigenvalue weighted by atomic mass is 16.7. The SMILES string of the molecule is COc1cc(/C=C(/Oc2ccc(/C=C/C(=O)OC[C@@H]3O[C@@H](O)[C@H](O)[C@H]3O)cc2OC)C(=O)OC[C@@H]2O[C@H](O)[C@H](O)[C@H]2O)ccc1O. The Labute approximate surface area is 261 Å². The maximum atomic E-state index is 13.1. The molecule has 16 heteroatoms. The van der Waals surface area contributed by atoms with Gasteiger partial charge in [-0.25, -0.2) is 9.59 Å². The summed E-state index contributed by atoms with van der Waals surface area (Å²) in [5.74, 6) is -2.07. The highest BCUT2D eigenvalue weighted by Crippen LogP contribution is 2.32. The number of aliphatic hydroxyl groups excluding tert-OH is 6. The number of benzene rings is 2. The third-order valence-corrected chi connectivity index (χ3v) is 6.97. The molecule has 46 heavy (non-hydrogen) atoms. The number of carbonyl (C=O) groups is 2. The Morgan fingerprint density at radius 3 is 1.87 bits per heavy atom. The van der Waals surface area contributed by atoms with Gasteiger partial charge in [-0.15, -0.1) is 0 Å². The summed E-state index contributed by atoms with van der Waals surface area (Å²) in [7, 11) is 2.68. The van der Waals surface area contributed by atoms with Gasteiger partial charge >= 0.3 is 11.9 Å². The first kappa shape index (κ1) is 34.6. The lowest BCUT2D eigenvalue weighted by Crippen LogP contribution is -2.35. The number of esters is 2. The molecule has 0 spiro atoms. The molecule has 16 nitrogen and oxygen atoms in total. The largest absolute Gasteiger partial charge is 0.504 e. The van der Waals surface area contributed by atoms with Crippen LogP contribution in [0.4, 0.5) is 0 Å². The maximum absolute atomic E-state index is 13.1. The van der Waals surface area contributed by atoms with E-state index >= 15 is 0 Å². The molecule has 2 aromatic carbocycles. The summed E-state index contributed by atoms with van der Waals surface area (Å²) < 4.78 is 36.6. The highest BCUT2D eigenvalue weighted by Gasteiger charge is 2.43. The molecule has 2 aliphatic heterocycles. The van der Waals surface area contributed by atoms with Crippen molar-refractivity contribution < 1.29 is 78.5 Å². The van der Waals surface area contributed by atoms with Gasteiger partial charge in [0.1, 0.15) is 49.8 Å². The first-order chi connectivity index (χ1) is 21.9. The number of aliphatic hydroxyl groups is 6. The quantitative estimate of drug-likeness (QED) is 0.0811. The molecule has 4 rings (SSSR count). The van der Waals surface area contributed by atoms with Crippen LogP contribution in [0.25, 0.3) is 12.2 Å². The monoisotopic (exact) mass is 650 g/mol. The lowest BCUT2D eigenvalue weighted by atomic mass is 10.1. The van der Waals surface area contributed by atoms with Crippen LogP contribution in [0.2, 0.25) is 0 Å². The van der Waals surface area contributed by atoms with E-state index in [0.29, 0.717) is 11.1 Å². The molecule has 2 heterocycles. The van der Waals surface area contributed by atoms with E-state index in [1.54, 1.807) is 0 Å². The van der Waals surface area contributed by atoms with E-state index < -0.39 is 74.4 Å². The Morgan fingerprint density at radius 1 is 0.739 bits per heavy atom. The van der Waals surface area contributed by atoms with Gasteiger partial charge in [0.2, 0.25) is 5.76 Å². The van der Waals surface area contributed by atoms with Crippen molar-refractivity contribution in [2.75, 3.05) is 27.4 Å². The van der Waals surface area contributed by atoms with E-state index in [2.05, 4.69) is 0 Å². The van der Waals surface area contributed by atoms with Crippen molar-refractivity contribution in [2.24, 2.45) is 0 Å². The summed E-state index contributed by atoms with van der Waals surface area (Å²) in [6.45, 7) is -0.961. The summed E-state index contributed by atoms with van der Waals surface area (Å²) in [5.41, 5.74) is 0.811. The minimum absolute atomic E-state index is 0.0450. The normalized spacial score (nSPS) is 27.9. The summed E-state index contributed by atoms with van der Waals surface area (Å²) in [6.07, 6.45) is -7.89. The molecule has 0 aromatic heterocycles. The zero-order valence-electron chi connectivity index (χ0n) is 24.5. The summed E-state index contributed by atoms with van der Waals surface area (Å²) >= 11 is 0. The Hall–Kier alpha value is -4.26. The molecule has 0 amide bonds. The highest BCUT2D eigenvalue weighted by molar-refractivity contribution is 5.92. The average molecular weight is 651 g/mol. The third kappa shape index (κ3) is 8.31. The van der Waals surface area contributed by atoms with Crippen LogP contribution in [0.5, 0.6) is 23.0 Å². The smallest absolute Gasteiger partial charge is 0.374 e. The van der Waals surface area contributed by atoms with Crippen LogP contribution in [0.3, 0.4) is 0 Å². The fourth-order valence-electron chi connectivity index (χ4n) is 4.39. The van der Waals surface area contributed by atoms with Crippen LogP contribution in [0.15, 0.2) is 48.2 Å². The Kier molecular flexibility index (Phi) is 11.5. The van der Waals surface area contributed by atoms with Gasteiger partial charge in [0.25, 0.3) is 0 Å². The molecule has 2 aliphatic rings. The Morgan fingerprint density at radius 2 is 1.30 bits per heavy atom. The molecule has 0 saturated carbocycles. The first-order valence-corrected chi connectivity index (χ1v) is 13.8. The average Bonchev–Trinajstić information content (AvgIpc) is 3.44. The molecule has 250 valence electrons. The molecular formula is C30H34O16. The van der Waals surface area contributed by atoms with E-state index in [-0.39, 0.29) is 28.8 Å². The molecule has 2 saturated heterocycles. The lowest BCUT2D eigenvalue weighted by molar-refractivity contribution is -0.155. The molecule has 0 unspecified atom stereocenters. The number of hydrogen-bond donors (Lipinski definition) is 7. The van der Waals surface area contributed by atoms with Gasteiger partial charge in [0, 0.05) is 6.08 Å². The van der Waals surface area contributed by atoms with Crippen molar-refractivity contribution in [2.45, 2.75) is 49.2 Å². The van der Waals surface area contributed by atoms with Crippen LogP contribution in [0, 0.1) is 0 Å². The van der Waals surface area contributed by atoms with Gasteiger partial charge in [-0.3, -0.25) is 0 Å². The molecule has 2 aromatic rings. The van der Waals surface area contributed by atoms with Crippen molar-refractivity contribution in [1.82, 2.24) is 0 Å². The van der Waals surface area contributed by atoms with Gasteiger partial charge in [-0.05, 0) is 47.5 Å². The van der Waals surface area contributed by atoms with Crippen LogP contribution in [-0.4, -0.2) is 124 Å². The second-order valence-corrected chi connectivity index (χ2v) is 10.1. The number of carbonyl (C=O) groups excluding carboxylic acids is 2. The number of phenolic OH excluding ortho intramolecular Hbond substituents is 1. The van der Waals surface area contributed by atoms with Crippen LogP contribution >= 0.6 is 0 Å². The standard InChI is InChI=1S/C30H34O16/c1-40-18-10-15(3-6-16(18)31)11-20(28(37)43-13-22-25(34)27(36)30(39)46-22)44-17-7-4-14(9-19(17)41-2)5-8-23(32)42-12-21-24(33)26(35)29(38)45-21/h3-11,21-22,24-27,29-31,33-36,38-39H,12-13H2,1-2H3/b8-5+,20-11+/t21-,22-,24-,25-,26+,27+,29+,30-/m0/s1. The van der Waals surface area contributed by atoms with Gasteiger partial charge in [0.15, 0.2) is 35.6 Å². The summed E-state index contributed by atoms with van der Waals surface area (Å²) in [5, 5.41) is 68.0. The van der Waals surface area contributed by atoms with Crippen LogP contribution in [0.1, 0.15) is 11.1 Å². The number of rotatable bonds is 12. The second-order valence-electron chi connectivity index (χ2n) is 10.1. The van der Waals surface area contributed by atoms with E-state index in [0.717, 1.165) is 6.08 Å². The number of ether oxygens (including phenoxy) is 7. The van der Waals surface area contributed by atoms with Crippen molar-refractivity contribution >= 4 is 24.1 Å². The predicted octanol–water partition coefficient (Wildman–Crippen LogP) is -1.19. The van der Waals surface area contributed by atoms with E-state index in [1.165, 1.54) is 62.8 Å². The van der Waals surface area contributed by atoms with Gasteiger partial charge in [-0.2, -0.15) is 0 Å². The fourth-order valence-corrected chi connectivity index (χ4v) is 4.39. The van der Waals surface area contributed by atoms with Crippen molar-refractivity contribution in [3.05, 3.63) is 59.4 Å². The maximum Gasteiger partial charge on any atom is 0.374 e. The first-order valence-electron chi connectivity index (χ1n) is 13.8. The molecule has 0 aliphatic carbocycles. The van der Waals surface area contributed by atoms with Crippen molar-refractivity contribution in [1.29, 1.82) is 0 Å². The molecule has 2 fully saturated rings.